The van der Waals surface area contributed by atoms with Gasteiger partial charge in [0.1, 0.15) is 6.73 Å². The monoisotopic (exact) mass is 447 g/mol. The molecule has 27 heavy (non-hydrogen) atoms. The van der Waals surface area contributed by atoms with Gasteiger partial charge in [-0.1, -0.05) is 0 Å². The van der Waals surface area contributed by atoms with Gasteiger partial charge < -0.3 is 18.4 Å². The zero-order valence-electron chi connectivity index (χ0n) is 13.6. The number of hydrogen-bond donors (Lipinski definition) is 1. The van der Waals surface area contributed by atoms with Gasteiger partial charge in [0.05, 0.1) is 29.8 Å². The highest BCUT2D eigenvalue weighted by Gasteiger charge is 2.42. The van der Waals surface area contributed by atoms with Crippen molar-refractivity contribution in [1.29, 1.82) is 0 Å². The normalized spacial score (nSPS) is 13.0. The van der Waals surface area contributed by atoms with E-state index in [1.807, 2.05) is 0 Å². The molecule has 15 heteroatoms. The SMILES string of the molecule is CC(=O)N(CO)C(CCCSOC(=O)C(F)(F)F)CSOC(=O)C(F)(F)F. The number of aliphatic hydroxyl groups excluding tert-OH is 1. The highest BCUT2D eigenvalue weighted by atomic mass is 32.2. The highest BCUT2D eigenvalue weighted by Crippen LogP contribution is 2.23. The third kappa shape index (κ3) is 10.5. The summed E-state index contributed by atoms with van der Waals surface area (Å²) in [5.74, 6) is -5.89. The topological polar surface area (TPSA) is 93.1 Å². The molecule has 0 radical (unpaired) electrons. The van der Waals surface area contributed by atoms with Crippen LogP contribution >= 0.6 is 24.1 Å². The number of carbonyl (C=O) groups excluding carboxylic acids is 3. The van der Waals surface area contributed by atoms with Gasteiger partial charge in [0.15, 0.2) is 0 Å². The van der Waals surface area contributed by atoms with Gasteiger partial charge >= 0.3 is 24.3 Å². The quantitative estimate of drug-likeness (QED) is 0.236. The Balaban J connectivity index is 4.51. The van der Waals surface area contributed by atoms with Crippen LogP contribution in [-0.4, -0.2) is 64.5 Å². The van der Waals surface area contributed by atoms with Crippen molar-refractivity contribution >= 4 is 41.9 Å². The predicted molar refractivity (Wildman–Crippen MR) is 81.8 cm³/mol. The molecule has 0 bridgehead atoms. The number of nitrogens with zero attached hydrogens (tertiary/aromatic N) is 1. The Morgan fingerprint density at radius 1 is 1.00 bits per heavy atom. The van der Waals surface area contributed by atoms with Crippen molar-refractivity contribution < 1.29 is 54.2 Å². The zero-order chi connectivity index (χ0) is 21.3. The molecule has 0 spiro atoms. The van der Waals surface area contributed by atoms with Crippen molar-refractivity contribution in [2.75, 3.05) is 18.2 Å². The number of alkyl halides is 6. The van der Waals surface area contributed by atoms with Gasteiger partial charge in [-0.25, -0.2) is 9.59 Å². The van der Waals surface area contributed by atoms with Crippen LogP contribution in [0.3, 0.4) is 0 Å². The Morgan fingerprint density at radius 2 is 1.48 bits per heavy atom. The molecule has 7 nitrogen and oxygen atoms in total. The van der Waals surface area contributed by atoms with E-state index in [4.69, 9.17) is 0 Å². The fraction of sp³-hybridized carbons (Fsp3) is 0.750. The fourth-order valence-electron chi connectivity index (χ4n) is 1.53. The summed E-state index contributed by atoms with van der Waals surface area (Å²) in [5.41, 5.74) is 0. The third-order valence-electron chi connectivity index (χ3n) is 2.76. The van der Waals surface area contributed by atoms with Gasteiger partial charge in [-0.2, -0.15) is 26.3 Å². The van der Waals surface area contributed by atoms with Crippen LogP contribution < -0.4 is 0 Å². The Morgan fingerprint density at radius 3 is 1.89 bits per heavy atom. The lowest BCUT2D eigenvalue weighted by Crippen LogP contribution is -2.41. The van der Waals surface area contributed by atoms with E-state index in [2.05, 4.69) is 8.37 Å². The van der Waals surface area contributed by atoms with Crippen LogP contribution in [0.25, 0.3) is 0 Å². The van der Waals surface area contributed by atoms with Gasteiger partial charge in [-0.3, -0.25) is 4.79 Å². The average molecular weight is 447 g/mol. The van der Waals surface area contributed by atoms with E-state index in [-0.39, 0.29) is 48.4 Å². The first-order chi connectivity index (χ1) is 12.3. The van der Waals surface area contributed by atoms with Crippen molar-refractivity contribution in [2.24, 2.45) is 0 Å². The second kappa shape index (κ2) is 11.5. The zero-order valence-corrected chi connectivity index (χ0v) is 15.3. The second-order valence-corrected chi connectivity index (χ2v) is 6.32. The molecular weight excluding hydrogens is 432 g/mol. The molecule has 0 fully saturated rings. The summed E-state index contributed by atoms with van der Waals surface area (Å²) >= 11 is 0.328. The average Bonchev–Trinajstić information content (AvgIpc) is 2.51. The summed E-state index contributed by atoms with van der Waals surface area (Å²) in [6.45, 7) is 0.305. The van der Waals surface area contributed by atoms with Crippen LogP contribution in [0.15, 0.2) is 0 Å². The van der Waals surface area contributed by atoms with E-state index in [0.717, 1.165) is 11.8 Å². The molecule has 0 saturated heterocycles. The fourth-order valence-corrected chi connectivity index (χ4v) is 2.88. The minimum Gasteiger partial charge on any atom is -0.385 e. The molecule has 0 aromatic heterocycles. The van der Waals surface area contributed by atoms with E-state index in [1.54, 1.807) is 0 Å². The van der Waals surface area contributed by atoms with Crippen LogP contribution in [0.2, 0.25) is 0 Å². The molecule has 1 amide bonds. The molecule has 158 valence electrons. The van der Waals surface area contributed by atoms with Gasteiger partial charge in [0.2, 0.25) is 5.91 Å². The lowest BCUT2D eigenvalue weighted by molar-refractivity contribution is -0.188. The molecule has 0 aliphatic heterocycles. The summed E-state index contributed by atoms with van der Waals surface area (Å²) in [6.07, 6.45) is -10.2. The van der Waals surface area contributed by atoms with E-state index < -0.39 is 43.0 Å². The summed E-state index contributed by atoms with van der Waals surface area (Å²) in [4.78, 5) is 33.4. The largest absolute Gasteiger partial charge is 0.492 e. The summed E-state index contributed by atoms with van der Waals surface area (Å²) in [5, 5.41) is 9.18. The standard InChI is InChI=1S/C12H15F6NO6S2/c1-7(21)19(6-20)8(5-27-25-10(23)12(16,17)18)3-2-4-26-24-9(22)11(13,14)15/h8,20H,2-6H2,1H3. The van der Waals surface area contributed by atoms with E-state index in [0.29, 0.717) is 0 Å². The van der Waals surface area contributed by atoms with Crippen molar-refractivity contribution in [3.63, 3.8) is 0 Å². The first-order valence-electron chi connectivity index (χ1n) is 7.00. The first kappa shape index (κ1) is 25.6. The molecule has 0 aromatic rings. The number of halogens is 6. The van der Waals surface area contributed by atoms with Crippen molar-refractivity contribution in [1.82, 2.24) is 4.90 Å². The predicted octanol–water partition coefficient (Wildman–Crippen LogP) is 2.44. The van der Waals surface area contributed by atoms with E-state index in [9.17, 15) is 45.8 Å². The highest BCUT2D eigenvalue weighted by molar-refractivity contribution is 7.95. The van der Waals surface area contributed by atoms with E-state index in [1.165, 1.54) is 0 Å². The van der Waals surface area contributed by atoms with Crippen molar-refractivity contribution in [3.8, 4) is 0 Å². The van der Waals surface area contributed by atoms with Crippen LogP contribution in [0.1, 0.15) is 19.8 Å². The molecule has 0 aliphatic carbocycles. The molecule has 0 aliphatic rings. The number of carbonyl (C=O) groups is 3. The maximum Gasteiger partial charge on any atom is 0.492 e. The van der Waals surface area contributed by atoms with Crippen LogP contribution in [-0.2, 0) is 22.7 Å². The number of aliphatic hydroxyl groups is 1. The minimum atomic E-state index is -5.20. The Kier molecular flexibility index (Phi) is 10.9. The van der Waals surface area contributed by atoms with Crippen LogP contribution in [0, 0.1) is 0 Å². The summed E-state index contributed by atoms with van der Waals surface area (Å²) < 4.78 is 79.8. The molecule has 0 saturated carbocycles. The Hall–Kier alpha value is -1.35. The minimum absolute atomic E-state index is 0.0211. The summed E-state index contributed by atoms with van der Waals surface area (Å²) in [7, 11) is 0. The maximum absolute atomic E-state index is 12.0. The Labute approximate surface area is 158 Å². The molecule has 1 atom stereocenters. The third-order valence-corrected chi connectivity index (χ3v) is 4.27. The van der Waals surface area contributed by atoms with Gasteiger partial charge in [-0.15, -0.1) is 0 Å². The van der Waals surface area contributed by atoms with E-state index >= 15 is 0 Å². The molecule has 1 unspecified atom stereocenters. The maximum atomic E-state index is 12.0. The summed E-state index contributed by atoms with van der Waals surface area (Å²) in [6, 6.07) is -0.877. The number of hydrogen-bond acceptors (Lipinski definition) is 8. The molecular formula is C12H15F6NO6S2. The van der Waals surface area contributed by atoms with Gasteiger partial charge in [0.25, 0.3) is 0 Å². The van der Waals surface area contributed by atoms with Gasteiger partial charge in [-0.05, 0) is 12.8 Å². The lowest BCUT2D eigenvalue weighted by Gasteiger charge is -2.28. The van der Waals surface area contributed by atoms with Crippen molar-refractivity contribution in [3.05, 3.63) is 0 Å². The molecule has 0 aromatic carbocycles. The number of amides is 1. The molecule has 0 heterocycles. The lowest BCUT2D eigenvalue weighted by atomic mass is 10.1. The smallest absolute Gasteiger partial charge is 0.385 e. The van der Waals surface area contributed by atoms with Crippen molar-refractivity contribution in [2.45, 2.75) is 38.2 Å². The second-order valence-electron chi connectivity index (χ2n) is 4.77. The number of rotatable bonds is 10. The van der Waals surface area contributed by atoms with Crippen LogP contribution in [0.5, 0.6) is 0 Å². The van der Waals surface area contributed by atoms with Gasteiger partial charge in [0, 0.05) is 18.7 Å². The molecule has 0 rings (SSSR count). The molecule has 1 N–H and O–H groups in total. The first-order valence-corrected chi connectivity index (χ1v) is 8.82. The Bertz CT molecular complexity index is 516. The van der Waals surface area contributed by atoms with Crippen LogP contribution in [0.4, 0.5) is 26.3 Å².